The Hall–Kier alpha value is -3.94. The highest BCUT2D eigenvalue weighted by atomic mass is 16.5. The Balaban J connectivity index is 1.43. The normalized spacial score (nSPS) is 19.7. The molecule has 3 aromatic rings. The molecule has 1 saturated carbocycles. The SMILES string of the molecule is CCC(=O)[C@H](C[C@@H]1CCCCC1=O)NC(=O)[C@@H]1c2ccccc2CN1C(=O)c1cc2c(OC)cccc2[nH]1. The summed E-state index contributed by atoms with van der Waals surface area (Å²) in [5, 5.41) is 3.71. The van der Waals surface area contributed by atoms with E-state index >= 15 is 0 Å². The van der Waals surface area contributed by atoms with Crippen LogP contribution in [-0.2, 0) is 20.9 Å². The van der Waals surface area contributed by atoms with Gasteiger partial charge in [-0.2, -0.15) is 0 Å². The van der Waals surface area contributed by atoms with E-state index in [4.69, 9.17) is 4.74 Å². The van der Waals surface area contributed by atoms with Crippen molar-refractivity contribution in [1.82, 2.24) is 15.2 Å². The summed E-state index contributed by atoms with van der Waals surface area (Å²) in [6.45, 7) is 2.03. The molecule has 198 valence electrons. The first-order valence-corrected chi connectivity index (χ1v) is 13.3. The van der Waals surface area contributed by atoms with Gasteiger partial charge in [0.1, 0.15) is 23.3 Å². The van der Waals surface area contributed by atoms with Gasteiger partial charge in [-0.25, -0.2) is 0 Å². The fourth-order valence-corrected chi connectivity index (χ4v) is 5.79. The fraction of sp³-hybridized carbons (Fsp3) is 0.400. The molecular formula is C30H33N3O5. The van der Waals surface area contributed by atoms with Gasteiger partial charge in [0, 0.05) is 36.2 Å². The Morgan fingerprint density at radius 2 is 1.95 bits per heavy atom. The molecule has 8 nitrogen and oxygen atoms in total. The van der Waals surface area contributed by atoms with Crippen molar-refractivity contribution < 1.29 is 23.9 Å². The lowest BCUT2D eigenvalue weighted by Crippen LogP contribution is -2.48. The third-order valence-electron chi connectivity index (χ3n) is 7.84. The maximum atomic E-state index is 13.8. The predicted molar refractivity (Wildman–Crippen MR) is 143 cm³/mol. The van der Waals surface area contributed by atoms with Gasteiger partial charge in [0.05, 0.1) is 13.2 Å². The van der Waals surface area contributed by atoms with E-state index in [1.807, 2.05) is 42.5 Å². The number of H-pyrrole nitrogens is 1. The number of benzene rings is 2. The first-order chi connectivity index (χ1) is 18.4. The minimum absolute atomic E-state index is 0.108. The van der Waals surface area contributed by atoms with Crippen molar-refractivity contribution >= 4 is 34.3 Å². The van der Waals surface area contributed by atoms with Gasteiger partial charge in [-0.05, 0) is 48.6 Å². The molecule has 0 radical (unpaired) electrons. The maximum absolute atomic E-state index is 13.8. The minimum atomic E-state index is -0.888. The smallest absolute Gasteiger partial charge is 0.271 e. The van der Waals surface area contributed by atoms with Crippen LogP contribution in [0, 0.1) is 5.92 Å². The third-order valence-corrected chi connectivity index (χ3v) is 7.84. The number of hydrogen-bond acceptors (Lipinski definition) is 5. The molecular weight excluding hydrogens is 482 g/mol. The maximum Gasteiger partial charge on any atom is 0.271 e. The summed E-state index contributed by atoms with van der Waals surface area (Å²) in [6, 6.07) is 13.1. The number of amides is 2. The topological polar surface area (TPSA) is 109 Å². The van der Waals surface area contributed by atoms with E-state index in [9.17, 15) is 19.2 Å². The third kappa shape index (κ3) is 4.83. The second-order valence-electron chi connectivity index (χ2n) is 10.2. The molecule has 2 N–H and O–H groups in total. The summed E-state index contributed by atoms with van der Waals surface area (Å²) in [4.78, 5) is 57.6. The molecule has 0 saturated heterocycles. The summed E-state index contributed by atoms with van der Waals surface area (Å²) in [5.41, 5.74) is 2.74. The number of hydrogen-bond donors (Lipinski definition) is 2. The summed E-state index contributed by atoms with van der Waals surface area (Å²) >= 11 is 0. The predicted octanol–water partition coefficient (Wildman–Crippen LogP) is 4.49. The first kappa shape index (κ1) is 25.7. The Labute approximate surface area is 221 Å². The van der Waals surface area contributed by atoms with E-state index in [1.165, 1.54) is 4.90 Å². The molecule has 0 unspecified atom stereocenters. The molecule has 1 aliphatic heterocycles. The van der Waals surface area contributed by atoms with Crippen molar-refractivity contribution in [2.24, 2.45) is 5.92 Å². The van der Waals surface area contributed by atoms with Crippen LogP contribution in [0.1, 0.15) is 73.1 Å². The number of fused-ring (bicyclic) bond motifs is 2. The van der Waals surface area contributed by atoms with E-state index in [-0.39, 0.29) is 36.4 Å². The first-order valence-electron chi connectivity index (χ1n) is 13.3. The monoisotopic (exact) mass is 515 g/mol. The van der Waals surface area contributed by atoms with Crippen LogP contribution in [0.15, 0.2) is 48.5 Å². The van der Waals surface area contributed by atoms with Crippen LogP contribution in [0.3, 0.4) is 0 Å². The zero-order valence-electron chi connectivity index (χ0n) is 21.8. The van der Waals surface area contributed by atoms with Crippen LogP contribution >= 0.6 is 0 Å². The van der Waals surface area contributed by atoms with E-state index in [0.29, 0.717) is 24.3 Å². The number of rotatable bonds is 8. The number of carbonyl (C=O) groups excluding carboxylic acids is 4. The Kier molecular flexibility index (Phi) is 7.31. The van der Waals surface area contributed by atoms with Gasteiger partial charge in [0.25, 0.3) is 5.91 Å². The van der Waals surface area contributed by atoms with Crippen molar-refractivity contribution in [3.8, 4) is 5.75 Å². The molecule has 38 heavy (non-hydrogen) atoms. The molecule has 3 atom stereocenters. The second-order valence-corrected chi connectivity index (χ2v) is 10.2. The van der Waals surface area contributed by atoms with Crippen LogP contribution in [0.5, 0.6) is 5.75 Å². The van der Waals surface area contributed by atoms with Crippen molar-refractivity contribution in [3.05, 3.63) is 65.4 Å². The number of methoxy groups -OCH3 is 1. The highest BCUT2D eigenvalue weighted by molar-refractivity contribution is 6.02. The van der Waals surface area contributed by atoms with Gasteiger partial charge in [-0.15, -0.1) is 0 Å². The number of nitrogens with zero attached hydrogens (tertiary/aromatic N) is 1. The largest absolute Gasteiger partial charge is 0.496 e. The van der Waals surface area contributed by atoms with Crippen molar-refractivity contribution in [2.45, 2.75) is 64.1 Å². The average Bonchev–Trinajstić information content (AvgIpc) is 3.55. The fourth-order valence-electron chi connectivity index (χ4n) is 5.79. The molecule has 2 amide bonds. The number of ether oxygens (including phenoxy) is 1. The number of Topliss-reactive ketones (excluding diaryl/α,β-unsaturated/α-hetero) is 2. The second kappa shape index (κ2) is 10.8. The molecule has 2 aromatic carbocycles. The molecule has 2 aliphatic rings. The Bertz CT molecular complexity index is 1390. The van der Waals surface area contributed by atoms with Gasteiger partial charge < -0.3 is 19.9 Å². The number of aromatic nitrogens is 1. The van der Waals surface area contributed by atoms with Gasteiger partial charge in [0.15, 0.2) is 5.78 Å². The summed E-state index contributed by atoms with van der Waals surface area (Å²) in [7, 11) is 1.58. The van der Waals surface area contributed by atoms with Crippen molar-refractivity contribution in [1.29, 1.82) is 0 Å². The van der Waals surface area contributed by atoms with Crippen LogP contribution < -0.4 is 10.1 Å². The summed E-state index contributed by atoms with van der Waals surface area (Å²) in [6.07, 6.45) is 3.66. The Morgan fingerprint density at radius 1 is 1.13 bits per heavy atom. The quantitative estimate of drug-likeness (QED) is 0.460. The number of nitrogens with one attached hydrogen (secondary N) is 2. The average molecular weight is 516 g/mol. The molecule has 1 aromatic heterocycles. The standard InChI is InChI=1S/C30H33N3O5/c1-3-25(34)23(15-18-9-5-7-13-26(18)35)32-29(36)28-20-11-6-4-10-19(20)17-33(28)30(37)24-16-21-22(31-24)12-8-14-27(21)38-2/h4,6,8,10-12,14,16,18,23,28,31H,3,5,7,9,13,15,17H2,1-2H3,(H,32,36)/t18-,23-,28-/m0/s1. The molecule has 0 bridgehead atoms. The zero-order chi connectivity index (χ0) is 26.8. The Morgan fingerprint density at radius 3 is 2.71 bits per heavy atom. The lowest BCUT2D eigenvalue weighted by atomic mass is 9.82. The van der Waals surface area contributed by atoms with Gasteiger partial charge >= 0.3 is 0 Å². The van der Waals surface area contributed by atoms with E-state index in [0.717, 1.165) is 41.3 Å². The number of ketones is 2. The summed E-state index contributed by atoms with van der Waals surface area (Å²) < 4.78 is 5.44. The van der Waals surface area contributed by atoms with E-state index in [2.05, 4.69) is 10.3 Å². The number of aromatic amines is 1. The van der Waals surface area contributed by atoms with Gasteiger partial charge in [-0.1, -0.05) is 43.7 Å². The van der Waals surface area contributed by atoms with Crippen LogP contribution in [0.4, 0.5) is 0 Å². The van der Waals surface area contributed by atoms with E-state index in [1.54, 1.807) is 20.1 Å². The molecule has 8 heteroatoms. The van der Waals surface area contributed by atoms with Crippen molar-refractivity contribution in [3.63, 3.8) is 0 Å². The van der Waals surface area contributed by atoms with Gasteiger partial charge in [0.2, 0.25) is 5.91 Å². The summed E-state index contributed by atoms with van der Waals surface area (Å²) in [5.74, 6) is -0.248. The highest BCUT2D eigenvalue weighted by Crippen LogP contribution is 2.36. The minimum Gasteiger partial charge on any atom is -0.496 e. The molecule has 0 spiro atoms. The van der Waals surface area contributed by atoms with Crippen LogP contribution in [0.2, 0.25) is 0 Å². The van der Waals surface area contributed by atoms with E-state index < -0.39 is 18.0 Å². The van der Waals surface area contributed by atoms with Crippen LogP contribution in [-0.4, -0.2) is 46.4 Å². The zero-order valence-corrected chi connectivity index (χ0v) is 21.8. The molecule has 1 fully saturated rings. The lowest BCUT2D eigenvalue weighted by Gasteiger charge is -2.29. The molecule has 1 aliphatic carbocycles. The van der Waals surface area contributed by atoms with Gasteiger partial charge in [-0.3, -0.25) is 19.2 Å². The number of carbonyl (C=O) groups is 4. The highest BCUT2D eigenvalue weighted by Gasteiger charge is 2.41. The molecule has 2 heterocycles. The lowest BCUT2D eigenvalue weighted by molar-refractivity contribution is -0.132. The molecule has 5 rings (SSSR count). The van der Waals surface area contributed by atoms with Crippen molar-refractivity contribution in [2.75, 3.05) is 7.11 Å². The van der Waals surface area contributed by atoms with Crippen LogP contribution in [0.25, 0.3) is 10.9 Å².